The van der Waals surface area contributed by atoms with Gasteiger partial charge in [-0.15, -0.1) is 0 Å². The minimum absolute atomic E-state index is 0.0350. The molecule has 0 aromatic carbocycles. The average molecular weight is 224 g/mol. The molecule has 0 spiro atoms. The van der Waals surface area contributed by atoms with Crippen molar-refractivity contribution in [1.29, 1.82) is 0 Å². The van der Waals surface area contributed by atoms with E-state index in [1.54, 1.807) is 0 Å². The van der Waals surface area contributed by atoms with Crippen LogP contribution < -0.4 is 0 Å². The molecule has 0 fully saturated rings. The van der Waals surface area contributed by atoms with Gasteiger partial charge in [0, 0.05) is 24.6 Å². The van der Waals surface area contributed by atoms with Crippen LogP contribution in [0.3, 0.4) is 0 Å². The molecule has 0 aliphatic heterocycles. The zero-order valence-corrected chi connectivity index (χ0v) is 10.7. The SMILES string of the molecule is Cc1c(CCC(=O)O)nn(C)c1C(C)(C)C. The number of aromatic nitrogens is 2. The fourth-order valence-electron chi connectivity index (χ4n) is 2.20. The summed E-state index contributed by atoms with van der Waals surface area (Å²) in [6.07, 6.45) is 0.645. The number of aliphatic carboxylic acids is 1. The highest BCUT2D eigenvalue weighted by Crippen LogP contribution is 2.27. The lowest BCUT2D eigenvalue weighted by molar-refractivity contribution is -0.136. The van der Waals surface area contributed by atoms with Crippen LogP contribution in [0.2, 0.25) is 0 Å². The van der Waals surface area contributed by atoms with E-state index in [0.717, 1.165) is 11.3 Å². The number of nitrogens with zero attached hydrogens (tertiary/aromatic N) is 2. The van der Waals surface area contributed by atoms with Crippen molar-refractivity contribution in [3.63, 3.8) is 0 Å². The molecule has 0 radical (unpaired) electrons. The summed E-state index contributed by atoms with van der Waals surface area (Å²) in [5.41, 5.74) is 3.23. The van der Waals surface area contributed by atoms with Gasteiger partial charge < -0.3 is 5.11 Å². The molecule has 0 bridgehead atoms. The molecule has 0 saturated heterocycles. The van der Waals surface area contributed by atoms with Crippen molar-refractivity contribution in [3.8, 4) is 0 Å². The largest absolute Gasteiger partial charge is 0.481 e. The standard InChI is InChI=1S/C12H20N2O2/c1-8-9(6-7-10(15)16)13-14(5)11(8)12(2,3)4/h6-7H2,1-5H3,(H,15,16). The minimum Gasteiger partial charge on any atom is -0.481 e. The van der Waals surface area contributed by atoms with Gasteiger partial charge in [0.2, 0.25) is 0 Å². The molecule has 4 nitrogen and oxygen atoms in total. The summed E-state index contributed by atoms with van der Waals surface area (Å²) in [5.74, 6) is -0.776. The van der Waals surface area contributed by atoms with Crippen LogP contribution in [-0.4, -0.2) is 20.9 Å². The molecular weight excluding hydrogens is 204 g/mol. The summed E-state index contributed by atoms with van der Waals surface area (Å²) >= 11 is 0. The van der Waals surface area contributed by atoms with Crippen molar-refractivity contribution in [2.24, 2.45) is 7.05 Å². The lowest BCUT2D eigenvalue weighted by atomic mass is 9.88. The fraction of sp³-hybridized carbons (Fsp3) is 0.667. The number of aryl methyl sites for hydroxylation is 2. The highest BCUT2D eigenvalue weighted by Gasteiger charge is 2.23. The molecule has 1 N–H and O–H groups in total. The number of rotatable bonds is 3. The lowest BCUT2D eigenvalue weighted by Gasteiger charge is -2.20. The molecular formula is C12H20N2O2. The van der Waals surface area contributed by atoms with Gasteiger partial charge in [-0.05, 0) is 12.5 Å². The third-order valence-electron chi connectivity index (χ3n) is 2.67. The Balaban J connectivity index is 3.02. The van der Waals surface area contributed by atoms with Crippen LogP contribution in [0.5, 0.6) is 0 Å². The van der Waals surface area contributed by atoms with Crippen molar-refractivity contribution in [2.45, 2.75) is 46.0 Å². The second-order valence-electron chi connectivity index (χ2n) is 5.19. The molecule has 16 heavy (non-hydrogen) atoms. The highest BCUT2D eigenvalue weighted by atomic mass is 16.4. The van der Waals surface area contributed by atoms with E-state index in [1.807, 2.05) is 18.7 Å². The van der Waals surface area contributed by atoms with Gasteiger partial charge in [0.15, 0.2) is 0 Å². The van der Waals surface area contributed by atoms with Gasteiger partial charge in [-0.2, -0.15) is 5.10 Å². The number of carboxylic acids is 1. The van der Waals surface area contributed by atoms with Crippen molar-refractivity contribution in [2.75, 3.05) is 0 Å². The predicted octanol–water partition coefficient (Wildman–Crippen LogP) is 2.04. The molecule has 0 saturated carbocycles. The van der Waals surface area contributed by atoms with E-state index in [9.17, 15) is 4.79 Å². The summed E-state index contributed by atoms with van der Waals surface area (Å²) in [6.45, 7) is 8.43. The summed E-state index contributed by atoms with van der Waals surface area (Å²) in [4.78, 5) is 10.5. The maximum atomic E-state index is 10.5. The summed E-state index contributed by atoms with van der Waals surface area (Å²) in [7, 11) is 1.91. The molecule has 1 aromatic rings. The van der Waals surface area contributed by atoms with E-state index in [0.29, 0.717) is 6.42 Å². The monoisotopic (exact) mass is 224 g/mol. The van der Waals surface area contributed by atoms with Crippen LogP contribution in [-0.2, 0) is 23.7 Å². The van der Waals surface area contributed by atoms with Crippen LogP contribution in [0.15, 0.2) is 0 Å². The number of carboxylic acid groups (broad SMARTS) is 1. The van der Waals surface area contributed by atoms with Gasteiger partial charge in [0.1, 0.15) is 0 Å². The zero-order valence-electron chi connectivity index (χ0n) is 10.7. The second-order valence-corrected chi connectivity index (χ2v) is 5.19. The molecule has 0 amide bonds. The number of carbonyl (C=O) groups is 1. The predicted molar refractivity (Wildman–Crippen MR) is 62.6 cm³/mol. The van der Waals surface area contributed by atoms with E-state index in [1.165, 1.54) is 5.69 Å². The molecule has 1 heterocycles. The van der Waals surface area contributed by atoms with E-state index in [4.69, 9.17) is 5.11 Å². The normalized spacial score (nSPS) is 11.8. The minimum atomic E-state index is -0.776. The van der Waals surface area contributed by atoms with Crippen LogP contribution in [0.4, 0.5) is 0 Å². The van der Waals surface area contributed by atoms with Crippen LogP contribution in [0.25, 0.3) is 0 Å². The van der Waals surface area contributed by atoms with Crippen molar-refractivity contribution in [3.05, 3.63) is 17.0 Å². The first-order valence-electron chi connectivity index (χ1n) is 5.48. The Hall–Kier alpha value is -1.32. The number of hydrogen-bond acceptors (Lipinski definition) is 2. The Morgan fingerprint density at radius 3 is 2.38 bits per heavy atom. The Morgan fingerprint density at radius 2 is 2.00 bits per heavy atom. The van der Waals surface area contributed by atoms with Crippen molar-refractivity contribution < 1.29 is 9.90 Å². The first kappa shape index (κ1) is 12.7. The average Bonchev–Trinajstić information content (AvgIpc) is 2.36. The van der Waals surface area contributed by atoms with Gasteiger partial charge in [-0.3, -0.25) is 9.48 Å². The topological polar surface area (TPSA) is 55.1 Å². The molecule has 0 unspecified atom stereocenters. The van der Waals surface area contributed by atoms with E-state index in [2.05, 4.69) is 25.9 Å². The summed E-state index contributed by atoms with van der Waals surface area (Å²) in [5, 5.41) is 13.1. The van der Waals surface area contributed by atoms with Crippen molar-refractivity contribution >= 4 is 5.97 Å². The zero-order chi connectivity index (χ0) is 12.5. The Labute approximate surface area is 96.3 Å². The molecule has 1 aromatic heterocycles. The smallest absolute Gasteiger partial charge is 0.303 e. The van der Waals surface area contributed by atoms with E-state index in [-0.39, 0.29) is 11.8 Å². The Bertz CT molecular complexity index is 400. The van der Waals surface area contributed by atoms with Gasteiger partial charge >= 0.3 is 5.97 Å². The van der Waals surface area contributed by atoms with Gasteiger partial charge in [-0.25, -0.2) is 0 Å². The maximum Gasteiger partial charge on any atom is 0.303 e. The fourth-order valence-corrected chi connectivity index (χ4v) is 2.20. The lowest BCUT2D eigenvalue weighted by Crippen LogP contribution is -2.17. The molecule has 0 aliphatic carbocycles. The highest BCUT2D eigenvalue weighted by molar-refractivity contribution is 5.67. The Morgan fingerprint density at radius 1 is 1.44 bits per heavy atom. The van der Waals surface area contributed by atoms with E-state index >= 15 is 0 Å². The summed E-state index contributed by atoms with van der Waals surface area (Å²) < 4.78 is 1.87. The third-order valence-corrected chi connectivity index (χ3v) is 2.67. The molecule has 0 atom stereocenters. The second kappa shape index (κ2) is 4.28. The van der Waals surface area contributed by atoms with Gasteiger partial charge in [0.05, 0.1) is 12.1 Å². The first-order chi connectivity index (χ1) is 7.23. The number of hydrogen-bond donors (Lipinski definition) is 1. The molecule has 90 valence electrons. The first-order valence-corrected chi connectivity index (χ1v) is 5.48. The van der Waals surface area contributed by atoms with Crippen LogP contribution >= 0.6 is 0 Å². The third kappa shape index (κ3) is 2.62. The maximum absolute atomic E-state index is 10.5. The van der Waals surface area contributed by atoms with Crippen molar-refractivity contribution in [1.82, 2.24) is 9.78 Å². The van der Waals surface area contributed by atoms with Crippen LogP contribution in [0, 0.1) is 6.92 Å². The summed E-state index contributed by atoms with van der Waals surface area (Å²) in [6, 6.07) is 0. The molecule has 4 heteroatoms. The van der Waals surface area contributed by atoms with Crippen LogP contribution in [0.1, 0.15) is 44.1 Å². The van der Waals surface area contributed by atoms with Gasteiger partial charge in [-0.1, -0.05) is 20.8 Å². The molecule has 0 aliphatic rings. The molecule has 1 rings (SSSR count). The van der Waals surface area contributed by atoms with Gasteiger partial charge in [0.25, 0.3) is 0 Å². The quantitative estimate of drug-likeness (QED) is 0.854. The van der Waals surface area contributed by atoms with E-state index < -0.39 is 5.97 Å². The Kier molecular flexibility index (Phi) is 3.41.